The van der Waals surface area contributed by atoms with Gasteiger partial charge in [-0.3, -0.25) is 4.55 Å². The number of nitrogens with one attached hydrogen (secondary N) is 1. The zero-order valence-corrected chi connectivity index (χ0v) is 9.11. The minimum atomic E-state index is -4.06. The summed E-state index contributed by atoms with van der Waals surface area (Å²) in [6, 6.07) is 8.33. The van der Waals surface area contributed by atoms with Crippen molar-refractivity contribution in [2.75, 3.05) is 12.3 Å². The second kappa shape index (κ2) is 5.47. The number of rotatable bonds is 4. The van der Waals surface area contributed by atoms with E-state index in [0.717, 1.165) is 0 Å². The van der Waals surface area contributed by atoms with E-state index in [2.05, 4.69) is 5.32 Å². The van der Waals surface area contributed by atoms with E-state index in [1.54, 1.807) is 30.3 Å². The number of amides is 1. The standard InChI is InChI=1S/C9H11NO5S/c11-9(10-6-7-16(12,13)14)15-8-4-2-1-3-5-8/h1-5H,6-7H2,(H,10,11)(H,12,13,14). The van der Waals surface area contributed by atoms with Crippen molar-refractivity contribution < 1.29 is 22.5 Å². The van der Waals surface area contributed by atoms with Gasteiger partial charge in [-0.1, -0.05) is 18.2 Å². The van der Waals surface area contributed by atoms with Crippen LogP contribution in [0.1, 0.15) is 0 Å². The van der Waals surface area contributed by atoms with Gasteiger partial charge in [-0.05, 0) is 12.1 Å². The molecule has 0 aromatic heterocycles. The van der Waals surface area contributed by atoms with Gasteiger partial charge in [0.05, 0.1) is 5.75 Å². The molecule has 0 heterocycles. The molecule has 1 aromatic carbocycles. The summed E-state index contributed by atoms with van der Waals surface area (Å²) < 4.78 is 33.9. The average molecular weight is 245 g/mol. The van der Waals surface area contributed by atoms with E-state index in [1.807, 2.05) is 0 Å². The highest BCUT2D eigenvalue weighted by Crippen LogP contribution is 2.07. The van der Waals surface area contributed by atoms with Crippen LogP contribution in [-0.2, 0) is 10.1 Å². The molecule has 0 saturated carbocycles. The monoisotopic (exact) mass is 245 g/mol. The highest BCUT2D eigenvalue weighted by Gasteiger charge is 2.07. The number of carbonyl (C=O) groups excluding carboxylic acids is 1. The Morgan fingerprint density at radius 3 is 2.50 bits per heavy atom. The van der Waals surface area contributed by atoms with E-state index < -0.39 is 22.0 Å². The van der Waals surface area contributed by atoms with E-state index >= 15 is 0 Å². The summed E-state index contributed by atoms with van der Waals surface area (Å²) in [5.74, 6) is -0.191. The van der Waals surface area contributed by atoms with Crippen molar-refractivity contribution in [1.29, 1.82) is 0 Å². The molecular weight excluding hydrogens is 234 g/mol. The molecule has 1 aromatic rings. The fourth-order valence-corrected chi connectivity index (χ4v) is 1.27. The molecule has 0 saturated heterocycles. The lowest BCUT2D eigenvalue weighted by Gasteiger charge is -2.05. The van der Waals surface area contributed by atoms with E-state index in [1.165, 1.54) is 0 Å². The Balaban J connectivity index is 2.32. The predicted molar refractivity (Wildman–Crippen MR) is 56.9 cm³/mol. The topological polar surface area (TPSA) is 92.7 Å². The Morgan fingerprint density at radius 1 is 1.31 bits per heavy atom. The van der Waals surface area contributed by atoms with Gasteiger partial charge >= 0.3 is 6.09 Å². The van der Waals surface area contributed by atoms with Crippen LogP contribution in [-0.4, -0.2) is 31.4 Å². The van der Waals surface area contributed by atoms with E-state index in [9.17, 15) is 13.2 Å². The average Bonchev–Trinajstić information content (AvgIpc) is 2.17. The summed E-state index contributed by atoms with van der Waals surface area (Å²) in [7, 11) is -4.06. The van der Waals surface area contributed by atoms with Crippen molar-refractivity contribution >= 4 is 16.2 Å². The fraction of sp³-hybridized carbons (Fsp3) is 0.222. The molecular formula is C9H11NO5S. The summed E-state index contributed by atoms with van der Waals surface area (Å²) in [6.07, 6.45) is -0.769. The molecule has 7 heteroatoms. The zero-order chi connectivity index (χ0) is 12.0. The number of ether oxygens (including phenoxy) is 1. The number of benzene rings is 1. The van der Waals surface area contributed by atoms with Gasteiger partial charge < -0.3 is 10.1 Å². The normalized spacial score (nSPS) is 10.8. The highest BCUT2D eigenvalue weighted by atomic mass is 32.2. The zero-order valence-electron chi connectivity index (χ0n) is 8.29. The van der Waals surface area contributed by atoms with Crippen molar-refractivity contribution in [2.45, 2.75) is 0 Å². The molecule has 0 aliphatic rings. The first kappa shape index (κ1) is 12.5. The SMILES string of the molecule is O=C(NCCS(=O)(=O)O)Oc1ccccc1. The summed E-state index contributed by atoms with van der Waals surface area (Å²) in [5.41, 5.74) is 0. The molecule has 0 atom stereocenters. The minimum Gasteiger partial charge on any atom is -0.410 e. The van der Waals surface area contributed by atoms with Crippen LogP contribution in [0.4, 0.5) is 4.79 Å². The predicted octanol–water partition coefficient (Wildman–Crippen LogP) is 0.663. The quantitative estimate of drug-likeness (QED) is 0.760. The van der Waals surface area contributed by atoms with Crippen LogP contribution >= 0.6 is 0 Å². The summed E-state index contributed by atoms with van der Waals surface area (Å²) in [5, 5.41) is 2.19. The summed E-state index contributed by atoms with van der Waals surface area (Å²) in [6.45, 7) is -0.204. The van der Waals surface area contributed by atoms with Crippen LogP contribution < -0.4 is 10.1 Å². The fourth-order valence-electron chi connectivity index (χ4n) is 0.914. The first-order valence-corrected chi connectivity index (χ1v) is 6.04. The second-order valence-electron chi connectivity index (χ2n) is 2.92. The first-order chi connectivity index (χ1) is 7.47. The smallest absolute Gasteiger partial charge is 0.410 e. The molecule has 0 bridgehead atoms. The number of hydrogen-bond donors (Lipinski definition) is 2. The van der Waals surface area contributed by atoms with Crippen molar-refractivity contribution in [1.82, 2.24) is 5.32 Å². The molecule has 0 aliphatic heterocycles. The van der Waals surface area contributed by atoms with Gasteiger partial charge in [-0.2, -0.15) is 8.42 Å². The van der Waals surface area contributed by atoms with Gasteiger partial charge in [0.1, 0.15) is 5.75 Å². The van der Waals surface area contributed by atoms with Gasteiger partial charge in [-0.15, -0.1) is 0 Å². The van der Waals surface area contributed by atoms with E-state index in [-0.39, 0.29) is 6.54 Å². The molecule has 0 unspecified atom stereocenters. The number of para-hydroxylation sites is 1. The van der Waals surface area contributed by atoms with Gasteiger partial charge in [0.2, 0.25) is 0 Å². The molecule has 1 rings (SSSR count). The Morgan fingerprint density at radius 2 is 1.94 bits per heavy atom. The lowest BCUT2D eigenvalue weighted by atomic mass is 10.3. The lowest BCUT2D eigenvalue weighted by molar-refractivity contribution is 0.201. The molecule has 0 aliphatic carbocycles. The van der Waals surface area contributed by atoms with Crippen LogP contribution in [0.3, 0.4) is 0 Å². The molecule has 0 spiro atoms. The van der Waals surface area contributed by atoms with Crippen molar-refractivity contribution in [3.8, 4) is 5.75 Å². The number of carbonyl (C=O) groups is 1. The van der Waals surface area contributed by atoms with Gasteiger partial charge in [0.25, 0.3) is 10.1 Å². The second-order valence-corrected chi connectivity index (χ2v) is 4.49. The van der Waals surface area contributed by atoms with Crippen LogP contribution in [0.25, 0.3) is 0 Å². The molecule has 2 N–H and O–H groups in total. The molecule has 0 fully saturated rings. The largest absolute Gasteiger partial charge is 0.412 e. The highest BCUT2D eigenvalue weighted by molar-refractivity contribution is 7.85. The summed E-state index contributed by atoms with van der Waals surface area (Å²) >= 11 is 0. The third-order valence-electron chi connectivity index (χ3n) is 1.58. The maximum Gasteiger partial charge on any atom is 0.412 e. The lowest BCUT2D eigenvalue weighted by Crippen LogP contribution is -2.31. The molecule has 6 nitrogen and oxygen atoms in total. The first-order valence-electron chi connectivity index (χ1n) is 4.43. The van der Waals surface area contributed by atoms with Crippen LogP contribution in [0.15, 0.2) is 30.3 Å². The third-order valence-corrected chi connectivity index (χ3v) is 2.30. The van der Waals surface area contributed by atoms with Gasteiger partial charge in [0, 0.05) is 6.54 Å². The van der Waals surface area contributed by atoms with Crippen LogP contribution in [0, 0.1) is 0 Å². The van der Waals surface area contributed by atoms with Crippen LogP contribution in [0.5, 0.6) is 5.75 Å². The van der Waals surface area contributed by atoms with Crippen molar-refractivity contribution in [3.63, 3.8) is 0 Å². The maximum absolute atomic E-state index is 11.1. The molecule has 88 valence electrons. The molecule has 0 radical (unpaired) electrons. The minimum absolute atomic E-state index is 0.204. The van der Waals surface area contributed by atoms with E-state index in [0.29, 0.717) is 5.75 Å². The Kier molecular flexibility index (Phi) is 4.27. The third kappa shape index (κ3) is 5.32. The van der Waals surface area contributed by atoms with Crippen LogP contribution in [0.2, 0.25) is 0 Å². The van der Waals surface area contributed by atoms with Gasteiger partial charge in [-0.25, -0.2) is 4.79 Å². The van der Waals surface area contributed by atoms with E-state index in [4.69, 9.17) is 9.29 Å². The maximum atomic E-state index is 11.1. The Hall–Kier alpha value is -1.60. The molecule has 16 heavy (non-hydrogen) atoms. The van der Waals surface area contributed by atoms with Crippen molar-refractivity contribution in [3.05, 3.63) is 30.3 Å². The van der Waals surface area contributed by atoms with Gasteiger partial charge in [0.15, 0.2) is 0 Å². The Labute approximate surface area is 93.0 Å². The Bertz CT molecular complexity index is 442. The van der Waals surface area contributed by atoms with Crippen molar-refractivity contribution in [2.24, 2.45) is 0 Å². The molecule has 1 amide bonds. The summed E-state index contributed by atoms with van der Waals surface area (Å²) in [4.78, 5) is 11.1. The number of hydrogen-bond acceptors (Lipinski definition) is 4.